The van der Waals surface area contributed by atoms with E-state index in [9.17, 15) is 8.42 Å². The monoisotopic (exact) mass is 363 g/mol. The van der Waals surface area contributed by atoms with Crippen LogP contribution in [0.4, 0.5) is 5.13 Å². The lowest BCUT2D eigenvalue weighted by atomic mass is 10.4. The summed E-state index contributed by atoms with van der Waals surface area (Å²) in [5.74, 6) is 0.227. The number of sulfonamides is 1. The van der Waals surface area contributed by atoms with Crippen LogP contribution in [0.15, 0.2) is 27.9 Å². The van der Waals surface area contributed by atoms with Gasteiger partial charge in [-0.15, -0.1) is 34.3 Å². The molecule has 1 aliphatic heterocycles. The summed E-state index contributed by atoms with van der Waals surface area (Å²) in [6, 6.07) is 1.64. The number of alkyl halides is 1. The number of thiazole rings is 1. The minimum absolute atomic E-state index is 0.227. The molecule has 0 saturated carbocycles. The number of anilines is 1. The predicted octanol–water partition coefficient (Wildman–Crippen LogP) is 2.45. The summed E-state index contributed by atoms with van der Waals surface area (Å²) in [6.45, 7) is 2.26. The fraction of sp³-hybridized carbons (Fsp3) is 0.417. The molecule has 1 aliphatic rings. The number of rotatable bonds is 4. The zero-order chi connectivity index (χ0) is 14.9. The highest BCUT2D eigenvalue weighted by atomic mass is 35.5. The molecule has 0 bridgehead atoms. The zero-order valence-electron chi connectivity index (χ0n) is 11.1. The lowest BCUT2D eigenvalue weighted by molar-refractivity contribution is 0.384. The molecule has 114 valence electrons. The van der Waals surface area contributed by atoms with E-state index in [0.29, 0.717) is 36.0 Å². The second-order valence-corrected chi connectivity index (χ2v) is 8.59. The number of thiophene rings is 1. The van der Waals surface area contributed by atoms with Crippen LogP contribution in [-0.4, -0.2) is 43.9 Å². The molecule has 0 aromatic carbocycles. The normalized spacial score (nSPS) is 17.3. The van der Waals surface area contributed by atoms with E-state index in [1.165, 1.54) is 15.6 Å². The fourth-order valence-corrected chi connectivity index (χ4v) is 6.08. The van der Waals surface area contributed by atoms with E-state index in [-0.39, 0.29) is 5.88 Å². The molecule has 3 heterocycles. The third kappa shape index (κ3) is 2.95. The molecule has 0 spiro atoms. The number of halogens is 1. The first-order valence-electron chi connectivity index (χ1n) is 6.40. The van der Waals surface area contributed by atoms with Crippen molar-refractivity contribution in [2.75, 3.05) is 31.1 Å². The van der Waals surface area contributed by atoms with E-state index in [0.717, 1.165) is 5.13 Å². The third-order valence-electron chi connectivity index (χ3n) is 3.37. The molecule has 3 rings (SSSR count). The summed E-state index contributed by atoms with van der Waals surface area (Å²) in [5.41, 5.74) is 0. The highest BCUT2D eigenvalue weighted by molar-refractivity contribution is 7.89. The maximum absolute atomic E-state index is 12.7. The smallest absolute Gasteiger partial charge is 0.244 e. The van der Waals surface area contributed by atoms with Crippen molar-refractivity contribution in [1.82, 2.24) is 9.29 Å². The van der Waals surface area contributed by atoms with Crippen molar-refractivity contribution in [3.05, 3.63) is 27.9 Å². The van der Waals surface area contributed by atoms with Crippen molar-refractivity contribution in [2.45, 2.75) is 10.8 Å². The van der Waals surface area contributed by atoms with Crippen LogP contribution in [-0.2, 0) is 15.9 Å². The van der Waals surface area contributed by atoms with Crippen LogP contribution in [0.2, 0.25) is 0 Å². The molecule has 0 amide bonds. The molecule has 0 aliphatic carbocycles. The number of hydrogen-bond donors (Lipinski definition) is 0. The van der Waals surface area contributed by atoms with Gasteiger partial charge in [0.2, 0.25) is 10.0 Å². The van der Waals surface area contributed by atoms with Gasteiger partial charge in [-0.25, -0.2) is 13.4 Å². The van der Waals surface area contributed by atoms with Crippen LogP contribution in [0.5, 0.6) is 0 Å². The van der Waals surface area contributed by atoms with E-state index in [1.54, 1.807) is 29.0 Å². The minimum Gasteiger partial charge on any atom is -0.345 e. The Balaban J connectivity index is 1.74. The molecule has 0 atom stereocenters. The number of hydrogen-bond acceptors (Lipinski definition) is 6. The topological polar surface area (TPSA) is 53.5 Å². The summed E-state index contributed by atoms with van der Waals surface area (Å²) >= 11 is 8.78. The Labute approximate surface area is 136 Å². The second-order valence-electron chi connectivity index (χ2n) is 4.55. The Morgan fingerprint density at radius 2 is 1.95 bits per heavy atom. The van der Waals surface area contributed by atoms with Crippen LogP contribution in [0.25, 0.3) is 0 Å². The first-order valence-corrected chi connectivity index (χ1v) is 10.1. The van der Waals surface area contributed by atoms with E-state index >= 15 is 0 Å². The summed E-state index contributed by atoms with van der Waals surface area (Å²) in [7, 11) is -3.44. The average molecular weight is 364 g/mol. The highest BCUT2D eigenvalue weighted by Gasteiger charge is 2.31. The van der Waals surface area contributed by atoms with Crippen LogP contribution in [0.1, 0.15) is 4.88 Å². The molecule has 1 fully saturated rings. The number of aromatic nitrogens is 1. The SMILES string of the molecule is O=S(=O)(c1ccsc1CCl)N1CCN(c2nccs2)CC1. The average Bonchev–Trinajstić information content (AvgIpc) is 3.18. The van der Waals surface area contributed by atoms with Crippen molar-refractivity contribution in [2.24, 2.45) is 0 Å². The Morgan fingerprint density at radius 3 is 2.57 bits per heavy atom. The maximum atomic E-state index is 12.7. The van der Waals surface area contributed by atoms with E-state index < -0.39 is 10.0 Å². The molecular weight excluding hydrogens is 350 g/mol. The van der Waals surface area contributed by atoms with Gasteiger partial charge in [-0.1, -0.05) is 0 Å². The van der Waals surface area contributed by atoms with Gasteiger partial charge >= 0.3 is 0 Å². The highest BCUT2D eigenvalue weighted by Crippen LogP contribution is 2.28. The van der Waals surface area contributed by atoms with Crippen LogP contribution >= 0.6 is 34.3 Å². The quantitative estimate of drug-likeness (QED) is 0.783. The summed E-state index contributed by atoms with van der Waals surface area (Å²) in [5, 5.41) is 4.65. The predicted molar refractivity (Wildman–Crippen MR) is 87.0 cm³/mol. The summed E-state index contributed by atoms with van der Waals surface area (Å²) in [6.07, 6.45) is 1.77. The van der Waals surface area contributed by atoms with Gasteiger partial charge in [0.1, 0.15) is 0 Å². The van der Waals surface area contributed by atoms with Crippen molar-refractivity contribution < 1.29 is 8.42 Å². The van der Waals surface area contributed by atoms with Gasteiger partial charge in [0.15, 0.2) is 5.13 Å². The largest absolute Gasteiger partial charge is 0.345 e. The molecule has 0 radical (unpaired) electrons. The summed E-state index contributed by atoms with van der Waals surface area (Å²) in [4.78, 5) is 7.44. The molecule has 0 unspecified atom stereocenters. The van der Waals surface area contributed by atoms with E-state index in [1.807, 2.05) is 5.38 Å². The lowest BCUT2D eigenvalue weighted by Crippen LogP contribution is -2.48. The first-order chi connectivity index (χ1) is 10.1. The van der Waals surface area contributed by atoms with Gasteiger partial charge in [0.05, 0.1) is 10.8 Å². The van der Waals surface area contributed by atoms with Gasteiger partial charge in [0.25, 0.3) is 0 Å². The van der Waals surface area contributed by atoms with Crippen LogP contribution in [0.3, 0.4) is 0 Å². The van der Waals surface area contributed by atoms with E-state index in [4.69, 9.17) is 11.6 Å². The van der Waals surface area contributed by atoms with Gasteiger partial charge in [-0.05, 0) is 11.4 Å². The molecule has 2 aromatic rings. The molecule has 0 N–H and O–H groups in total. The van der Waals surface area contributed by atoms with Crippen molar-refractivity contribution in [1.29, 1.82) is 0 Å². The van der Waals surface area contributed by atoms with Crippen LogP contribution in [0, 0.1) is 0 Å². The Kier molecular flexibility index (Phi) is 4.51. The van der Waals surface area contributed by atoms with Gasteiger partial charge in [0, 0.05) is 42.6 Å². The van der Waals surface area contributed by atoms with Crippen molar-refractivity contribution in [3.63, 3.8) is 0 Å². The fourth-order valence-electron chi connectivity index (χ4n) is 2.29. The minimum atomic E-state index is -3.44. The lowest BCUT2D eigenvalue weighted by Gasteiger charge is -2.33. The molecule has 1 saturated heterocycles. The van der Waals surface area contributed by atoms with Gasteiger partial charge < -0.3 is 4.90 Å². The third-order valence-corrected chi connectivity index (χ3v) is 7.66. The standard InChI is InChI=1S/C12H14ClN3O2S3/c13-9-10-11(1-7-19-10)21(17,18)16-5-3-15(4-6-16)12-14-2-8-20-12/h1-2,7-8H,3-6,9H2. The Hall–Kier alpha value is -0.670. The van der Waals surface area contributed by atoms with E-state index in [2.05, 4.69) is 9.88 Å². The van der Waals surface area contributed by atoms with Crippen LogP contribution < -0.4 is 4.90 Å². The molecule has 9 heteroatoms. The van der Waals surface area contributed by atoms with Crippen molar-refractivity contribution >= 4 is 49.4 Å². The molecular formula is C12H14ClN3O2S3. The number of piperazine rings is 1. The Morgan fingerprint density at radius 1 is 1.19 bits per heavy atom. The molecule has 5 nitrogen and oxygen atoms in total. The van der Waals surface area contributed by atoms with Gasteiger partial charge in [-0.2, -0.15) is 4.31 Å². The molecule has 21 heavy (non-hydrogen) atoms. The van der Waals surface area contributed by atoms with Gasteiger partial charge in [-0.3, -0.25) is 0 Å². The van der Waals surface area contributed by atoms with Crippen molar-refractivity contribution in [3.8, 4) is 0 Å². The maximum Gasteiger partial charge on any atom is 0.244 e. The Bertz CT molecular complexity index is 691. The second kappa shape index (κ2) is 6.21. The first kappa shape index (κ1) is 15.2. The molecule has 2 aromatic heterocycles. The summed E-state index contributed by atoms with van der Waals surface area (Å²) < 4.78 is 26.9. The zero-order valence-corrected chi connectivity index (χ0v) is 14.3. The number of nitrogens with zero attached hydrogens (tertiary/aromatic N) is 3.